The highest BCUT2D eigenvalue weighted by molar-refractivity contribution is 6.36. The fourth-order valence-corrected chi connectivity index (χ4v) is 17.7. The molecule has 11 aromatic carbocycles. The summed E-state index contributed by atoms with van der Waals surface area (Å²) < 4.78 is 79.1. The second-order valence-corrected chi connectivity index (χ2v) is 33.5. The molecule has 630 valence electrons. The molecule has 0 aromatic heterocycles. The maximum atomic E-state index is 13.1. The summed E-state index contributed by atoms with van der Waals surface area (Å²) in [7, 11) is 0. The molecule has 16 rings (SSSR count). The first kappa shape index (κ1) is 90.7. The Hall–Kier alpha value is -8.57. The number of carbonyl (C=O) groups is 1. The third kappa shape index (κ3) is 24.2. The molecule has 0 radical (unpaired) electrons. The number of aryl methyl sites for hydroxylation is 5. The Bertz CT molecular complexity index is 5090. The monoisotopic (exact) mass is 1790 g/mol. The number of hydrogen-bond donors (Lipinski definition) is 4. The average Bonchev–Trinajstić information content (AvgIpc) is 0.786. The van der Waals surface area contributed by atoms with E-state index in [4.69, 9.17) is 92.8 Å². The number of nitrogens with zero attached hydrogens (tertiary/aromatic N) is 6. The van der Waals surface area contributed by atoms with E-state index in [9.17, 15) is 31.1 Å². The van der Waals surface area contributed by atoms with Crippen LogP contribution in [-0.4, -0.2) is 115 Å². The van der Waals surface area contributed by atoms with Crippen LogP contribution in [0.4, 0.5) is 54.8 Å². The summed E-state index contributed by atoms with van der Waals surface area (Å²) in [4.78, 5) is 26.4. The highest BCUT2D eigenvalue weighted by Crippen LogP contribution is 2.42. The molecular weight excluding hydrogens is 1700 g/mol. The first-order valence-corrected chi connectivity index (χ1v) is 42.6. The van der Waals surface area contributed by atoms with Crippen molar-refractivity contribution in [1.82, 2.24) is 26.2 Å². The molecule has 0 spiro atoms. The first-order valence-electron chi connectivity index (χ1n) is 39.6. The predicted octanol–water partition coefficient (Wildman–Crippen LogP) is 24.4. The van der Waals surface area contributed by atoms with Gasteiger partial charge < -0.3 is 55.4 Å². The van der Waals surface area contributed by atoms with Crippen molar-refractivity contribution in [1.29, 1.82) is 0 Å². The molecule has 5 saturated heterocycles. The van der Waals surface area contributed by atoms with E-state index in [-0.39, 0.29) is 41.9 Å². The van der Waals surface area contributed by atoms with Crippen molar-refractivity contribution in [3.63, 3.8) is 0 Å². The largest absolute Gasteiger partial charge is 0.573 e. The molecule has 5 unspecified atom stereocenters. The summed E-state index contributed by atoms with van der Waals surface area (Å²) in [6.07, 6.45) is -9.00. The number of piperazine rings is 5. The third-order valence-electron chi connectivity index (χ3n) is 21.6. The van der Waals surface area contributed by atoms with E-state index in [2.05, 4.69) is 144 Å². The molecule has 0 aliphatic carbocycles. The zero-order chi connectivity index (χ0) is 85.4. The molecule has 0 bridgehead atoms. The number of hydrogen-bond acceptors (Lipinski definition) is 11. The summed E-state index contributed by atoms with van der Waals surface area (Å²) in [6, 6.07) is 75.7. The fourth-order valence-electron chi connectivity index (χ4n) is 15.5. The zero-order valence-electron chi connectivity index (χ0n) is 66.9. The van der Waals surface area contributed by atoms with Gasteiger partial charge in [0, 0.05) is 140 Å². The van der Waals surface area contributed by atoms with Gasteiger partial charge in [-0.2, -0.15) is 13.2 Å². The molecule has 5 aliphatic heterocycles. The highest BCUT2D eigenvalue weighted by Gasteiger charge is 2.36. The molecule has 11 aromatic rings. The van der Waals surface area contributed by atoms with Crippen molar-refractivity contribution < 1.29 is 35.9 Å². The number of carbonyl (C=O) groups excluding carboxylic acids is 1. The van der Waals surface area contributed by atoms with Gasteiger partial charge in [-0.15, -0.1) is 13.2 Å². The second-order valence-electron chi connectivity index (χ2n) is 30.1. The maximum Gasteiger partial charge on any atom is 0.573 e. The fraction of sp³-hybridized carbons (Fsp3) is 0.287. The van der Waals surface area contributed by atoms with Crippen LogP contribution >= 0.6 is 92.8 Å². The molecule has 5 atom stereocenters. The van der Waals surface area contributed by atoms with E-state index in [0.29, 0.717) is 56.9 Å². The highest BCUT2D eigenvalue weighted by atomic mass is 35.5. The molecule has 4 N–H and O–H groups in total. The van der Waals surface area contributed by atoms with Crippen LogP contribution < -0.4 is 50.5 Å². The lowest BCUT2D eigenvalue weighted by molar-refractivity contribution is -0.274. The Kier molecular flexibility index (Phi) is 31.7. The molecular formula is C94H94Cl8F6N10O2. The normalized spacial score (nSPS) is 18.2. The van der Waals surface area contributed by atoms with Crippen molar-refractivity contribution in [2.75, 3.05) is 123 Å². The summed E-state index contributed by atoms with van der Waals surface area (Å²) in [5, 5.41) is 19.1. The molecule has 120 heavy (non-hydrogen) atoms. The molecule has 0 saturated carbocycles. The van der Waals surface area contributed by atoms with E-state index in [1.807, 2.05) is 134 Å². The van der Waals surface area contributed by atoms with Crippen molar-refractivity contribution in [3.05, 3.63) is 350 Å². The van der Waals surface area contributed by atoms with Crippen molar-refractivity contribution in [2.45, 2.75) is 77.4 Å². The van der Waals surface area contributed by atoms with Crippen LogP contribution in [0.3, 0.4) is 0 Å². The molecule has 5 fully saturated rings. The van der Waals surface area contributed by atoms with Gasteiger partial charge in [-0.1, -0.05) is 213 Å². The van der Waals surface area contributed by atoms with Crippen LogP contribution in [0.1, 0.15) is 102 Å². The van der Waals surface area contributed by atoms with Gasteiger partial charge in [0.25, 0.3) is 5.91 Å². The predicted molar refractivity (Wildman–Crippen MR) is 484 cm³/mol. The maximum absolute atomic E-state index is 13.1. The standard InChI is InChI=1S/C24H22Cl2N2O.C18H18ClF3N2O.C18H18ClF3N2.2C17H18Cl2N2/c1-17-7-10-20(11-8-17)28-14-13-27(24(29)18-5-3-2-4-6-18)16-23(28)21-12-9-19(25)15-22(21)26;1-12-2-7-16(15(19)10-12)24-9-8-23-11-17(24)13-3-5-14(6-4-13)25-18(20,21)22;1-12-2-7-16(15(19)10-12)24-9-8-23-11-17(24)13-3-5-14(6-4-13)18(20,21)22;1-12-2-7-16(15(19)10-12)21-9-8-20-11-17(21)13-3-5-14(18)6-4-13;1-12-2-5-14(6-3-12)21-9-8-20-11-17(21)15-7-4-13(18)10-16(15)19/h2-12,15,23H,13-14,16H2,1H3;2-7,10,17,23H,8-9,11H2,1H3;2-7,10,17,23H,8-9,11H2,1H3;2*2-7,10,17,20H,8-9,11H2,1H3. The minimum Gasteiger partial charge on any atom is -0.406 e. The molecule has 1 amide bonds. The van der Waals surface area contributed by atoms with Gasteiger partial charge in [-0.05, 0) is 213 Å². The van der Waals surface area contributed by atoms with Crippen molar-refractivity contribution in [2.24, 2.45) is 0 Å². The van der Waals surface area contributed by atoms with Gasteiger partial charge >= 0.3 is 12.5 Å². The number of nitrogens with one attached hydrogen (secondary N) is 4. The van der Waals surface area contributed by atoms with Gasteiger partial charge in [0.2, 0.25) is 0 Å². The minimum atomic E-state index is -4.69. The van der Waals surface area contributed by atoms with Gasteiger partial charge in [0.1, 0.15) is 5.75 Å². The Morgan fingerprint density at radius 1 is 0.350 bits per heavy atom. The smallest absolute Gasteiger partial charge is 0.406 e. The number of benzene rings is 11. The van der Waals surface area contributed by atoms with Gasteiger partial charge in [-0.25, -0.2) is 0 Å². The van der Waals surface area contributed by atoms with Crippen LogP contribution in [0.5, 0.6) is 5.75 Å². The lowest BCUT2D eigenvalue weighted by Gasteiger charge is -2.43. The van der Waals surface area contributed by atoms with Gasteiger partial charge in [-0.3, -0.25) is 4.79 Å². The number of alkyl halides is 6. The third-order valence-corrected chi connectivity index (χ3v) is 23.9. The van der Waals surface area contributed by atoms with Gasteiger partial charge in [0.15, 0.2) is 0 Å². The Labute approximate surface area is 739 Å². The Morgan fingerprint density at radius 3 is 1.10 bits per heavy atom. The SMILES string of the molecule is Cc1ccc(N2CCN(C(=O)c3ccccc3)CC2c2ccc(Cl)cc2Cl)cc1.Cc1ccc(N2CCNCC2c2ccc(C(F)(F)F)cc2)c(Cl)c1.Cc1ccc(N2CCNCC2c2ccc(Cl)cc2)c(Cl)c1.Cc1ccc(N2CCNCC2c2ccc(Cl)cc2Cl)cc1.Cc1ccc(N2CCNCC2c2ccc(OC(F)(F)F)cc2)c(Cl)c1. The zero-order valence-corrected chi connectivity index (χ0v) is 72.9. The van der Waals surface area contributed by atoms with E-state index in [1.165, 1.54) is 40.1 Å². The van der Waals surface area contributed by atoms with E-state index < -0.39 is 18.1 Å². The van der Waals surface area contributed by atoms with E-state index in [1.54, 1.807) is 30.3 Å². The first-order chi connectivity index (χ1) is 57.5. The number of halogens is 14. The van der Waals surface area contributed by atoms with Gasteiger partial charge in [0.05, 0.1) is 67.9 Å². The summed E-state index contributed by atoms with van der Waals surface area (Å²) >= 11 is 50.4. The molecule has 26 heteroatoms. The van der Waals surface area contributed by atoms with Crippen LogP contribution in [-0.2, 0) is 6.18 Å². The molecule has 5 aliphatic rings. The lowest BCUT2D eigenvalue weighted by Crippen LogP contribution is -2.50. The number of anilines is 5. The Balaban J connectivity index is 0.000000138. The number of ether oxygens (including phenoxy) is 1. The van der Waals surface area contributed by atoms with E-state index >= 15 is 0 Å². The van der Waals surface area contributed by atoms with Crippen LogP contribution in [0.15, 0.2) is 243 Å². The lowest BCUT2D eigenvalue weighted by atomic mass is 10.00. The second kappa shape index (κ2) is 42.0. The topological polar surface area (TPSA) is 93.9 Å². The average molecular weight is 1790 g/mol. The molecule has 12 nitrogen and oxygen atoms in total. The van der Waals surface area contributed by atoms with Crippen LogP contribution in [0, 0.1) is 34.6 Å². The van der Waals surface area contributed by atoms with Crippen molar-refractivity contribution >= 4 is 127 Å². The Morgan fingerprint density at radius 2 is 0.708 bits per heavy atom. The summed E-state index contributed by atoms with van der Waals surface area (Å²) in [5.74, 6) is -0.177. The van der Waals surface area contributed by atoms with E-state index in [0.717, 1.165) is 155 Å². The minimum absolute atomic E-state index is 0.0195. The molecule has 5 heterocycles. The number of amides is 1. The van der Waals surface area contributed by atoms with Crippen LogP contribution in [0.2, 0.25) is 40.2 Å². The van der Waals surface area contributed by atoms with Crippen molar-refractivity contribution in [3.8, 4) is 5.75 Å². The number of rotatable bonds is 12. The summed E-state index contributed by atoms with van der Waals surface area (Å²) in [5.41, 5.74) is 16.3. The summed E-state index contributed by atoms with van der Waals surface area (Å²) in [6.45, 7) is 22.3. The van der Waals surface area contributed by atoms with Crippen LogP contribution in [0.25, 0.3) is 0 Å². The quantitative estimate of drug-likeness (QED) is 0.0882.